The van der Waals surface area contributed by atoms with Gasteiger partial charge < -0.3 is 0 Å². The normalized spacial score (nSPS) is 10.2. The fraction of sp³-hybridized carbons (Fsp3) is 0.154. The monoisotopic (exact) mass is 244 g/mol. The topological polar surface area (TPSA) is 42.9 Å². The van der Waals surface area contributed by atoms with Gasteiger partial charge in [-0.3, -0.25) is 4.79 Å². The second kappa shape index (κ2) is 5.59. The van der Waals surface area contributed by atoms with Gasteiger partial charge in [0.15, 0.2) is 5.16 Å². The van der Waals surface area contributed by atoms with Gasteiger partial charge in [-0.15, -0.1) is 0 Å². The summed E-state index contributed by atoms with van der Waals surface area (Å²) >= 11 is 1.36. The molecular formula is C13H12N2OS. The average Bonchev–Trinajstić information content (AvgIpc) is 2.38. The van der Waals surface area contributed by atoms with Gasteiger partial charge >= 0.3 is 0 Å². The van der Waals surface area contributed by atoms with Gasteiger partial charge in [-0.2, -0.15) is 0 Å². The number of hydrogen-bond donors (Lipinski definition) is 0. The van der Waals surface area contributed by atoms with Crippen LogP contribution in [0.15, 0.2) is 47.9 Å². The summed E-state index contributed by atoms with van der Waals surface area (Å²) in [4.78, 5) is 19.3. The Balaban J connectivity index is 2.11. The molecule has 0 bridgehead atoms. The van der Waals surface area contributed by atoms with E-state index in [1.54, 1.807) is 19.3 Å². The molecule has 1 aromatic carbocycles. The molecule has 0 fully saturated rings. The lowest BCUT2D eigenvalue weighted by Crippen LogP contribution is -1.95. The first-order chi connectivity index (χ1) is 8.25. The molecule has 0 aliphatic rings. The smallest absolute Gasteiger partial charge is 0.187 e. The number of nitrogens with zero attached hydrogens (tertiary/aromatic N) is 2. The van der Waals surface area contributed by atoms with E-state index >= 15 is 0 Å². The number of benzene rings is 1. The number of ketones is 1. The minimum absolute atomic E-state index is 0.130. The van der Waals surface area contributed by atoms with Gasteiger partial charge in [0, 0.05) is 18.0 Å². The summed E-state index contributed by atoms with van der Waals surface area (Å²) in [5.74, 6) is 0.552. The van der Waals surface area contributed by atoms with Gasteiger partial charge in [0.05, 0.1) is 5.75 Å². The molecule has 0 aliphatic carbocycles. The zero-order chi connectivity index (χ0) is 12.1. The van der Waals surface area contributed by atoms with Gasteiger partial charge in [-0.05, 0) is 12.5 Å². The lowest BCUT2D eigenvalue weighted by atomic mass is 10.1. The zero-order valence-electron chi connectivity index (χ0n) is 9.46. The number of carbonyl (C=O) groups is 1. The predicted octanol–water partition coefficient (Wildman–Crippen LogP) is 2.82. The summed E-state index contributed by atoms with van der Waals surface area (Å²) in [7, 11) is 0. The molecule has 0 aliphatic heterocycles. The van der Waals surface area contributed by atoms with Crippen molar-refractivity contribution < 1.29 is 4.79 Å². The Hall–Kier alpha value is -1.68. The largest absolute Gasteiger partial charge is 0.299 e. The minimum Gasteiger partial charge on any atom is -0.299 e. The van der Waals surface area contributed by atoms with E-state index in [1.807, 2.05) is 30.3 Å². The van der Waals surface area contributed by atoms with Crippen molar-refractivity contribution in [2.75, 3.05) is 5.75 Å². The molecule has 0 atom stereocenters. The fourth-order valence-corrected chi connectivity index (χ4v) is 1.92. The lowest BCUT2D eigenvalue weighted by molar-refractivity contribution is -0.114. The third-order valence-electron chi connectivity index (χ3n) is 2.14. The number of thioether (sulfide) groups is 1. The Morgan fingerprint density at radius 1 is 1.12 bits per heavy atom. The van der Waals surface area contributed by atoms with Crippen LogP contribution in [0.3, 0.4) is 0 Å². The molecule has 3 nitrogen and oxygen atoms in total. The Bertz CT molecular complexity index is 497. The van der Waals surface area contributed by atoms with Crippen LogP contribution in [-0.2, 0) is 4.79 Å². The average molecular weight is 244 g/mol. The van der Waals surface area contributed by atoms with Crippen molar-refractivity contribution in [3.63, 3.8) is 0 Å². The zero-order valence-corrected chi connectivity index (χ0v) is 10.3. The number of carbonyl (C=O) groups excluding carboxylic acids is 1. The van der Waals surface area contributed by atoms with Crippen LogP contribution in [0.25, 0.3) is 11.1 Å². The Labute approximate surface area is 104 Å². The maximum absolute atomic E-state index is 10.8. The van der Waals surface area contributed by atoms with Crippen molar-refractivity contribution in [1.29, 1.82) is 0 Å². The molecule has 0 radical (unpaired) electrons. The Kier molecular flexibility index (Phi) is 3.88. The van der Waals surface area contributed by atoms with Crippen LogP contribution >= 0.6 is 11.8 Å². The quantitative estimate of drug-likeness (QED) is 0.612. The molecule has 1 heterocycles. The maximum Gasteiger partial charge on any atom is 0.187 e. The van der Waals surface area contributed by atoms with Crippen LogP contribution in [-0.4, -0.2) is 21.5 Å². The Morgan fingerprint density at radius 3 is 2.35 bits per heavy atom. The second-order valence-corrected chi connectivity index (χ2v) is 4.55. The predicted molar refractivity (Wildman–Crippen MR) is 68.9 cm³/mol. The molecule has 4 heteroatoms. The lowest BCUT2D eigenvalue weighted by Gasteiger charge is -2.01. The Morgan fingerprint density at radius 2 is 1.76 bits per heavy atom. The maximum atomic E-state index is 10.8. The molecule has 0 unspecified atom stereocenters. The van der Waals surface area contributed by atoms with E-state index in [-0.39, 0.29) is 5.78 Å². The minimum atomic E-state index is 0.130. The summed E-state index contributed by atoms with van der Waals surface area (Å²) in [5.41, 5.74) is 2.08. The highest BCUT2D eigenvalue weighted by molar-refractivity contribution is 7.99. The summed E-state index contributed by atoms with van der Waals surface area (Å²) in [6, 6.07) is 9.96. The van der Waals surface area contributed by atoms with E-state index in [4.69, 9.17) is 0 Å². The van der Waals surface area contributed by atoms with Crippen LogP contribution in [0.4, 0.5) is 0 Å². The molecular weight excluding hydrogens is 232 g/mol. The molecule has 0 saturated carbocycles. The molecule has 0 spiro atoms. The van der Waals surface area contributed by atoms with Crippen molar-refractivity contribution in [2.24, 2.45) is 0 Å². The summed E-state index contributed by atoms with van der Waals surface area (Å²) in [6.07, 6.45) is 3.57. The fourth-order valence-electron chi connectivity index (χ4n) is 1.34. The first kappa shape index (κ1) is 11.8. The van der Waals surface area contributed by atoms with Gasteiger partial charge in [0.25, 0.3) is 0 Å². The SMILES string of the molecule is CC(=O)CSc1ncc(-c2ccccc2)cn1. The molecule has 2 rings (SSSR count). The highest BCUT2D eigenvalue weighted by Crippen LogP contribution is 2.19. The van der Waals surface area contributed by atoms with Gasteiger partial charge in [-0.25, -0.2) is 9.97 Å². The highest BCUT2D eigenvalue weighted by atomic mass is 32.2. The van der Waals surface area contributed by atoms with Crippen molar-refractivity contribution in [2.45, 2.75) is 12.1 Å². The first-order valence-electron chi connectivity index (χ1n) is 5.25. The van der Waals surface area contributed by atoms with Crippen molar-refractivity contribution in [3.05, 3.63) is 42.7 Å². The van der Waals surface area contributed by atoms with Gasteiger partial charge in [0.1, 0.15) is 5.78 Å². The van der Waals surface area contributed by atoms with E-state index in [0.29, 0.717) is 10.9 Å². The highest BCUT2D eigenvalue weighted by Gasteiger charge is 2.02. The third kappa shape index (κ3) is 3.39. The molecule has 86 valence electrons. The number of hydrogen-bond acceptors (Lipinski definition) is 4. The van der Waals surface area contributed by atoms with Gasteiger partial charge in [0.2, 0.25) is 0 Å². The van der Waals surface area contributed by atoms with E-state index in [9.17, 15) is 4.79 Å². The standard InChI is InChI=1S/C13H12N2OS/c1-10(16)9-17-13-14-7-12(8-15-13)11-5-3-2-4-6-11/h2-8H,9H2,1H3. The summed E-state index contributed by atoms with van der Waals surface area (Å²) < 4.78 is 0. The van der Waals surface area contributed by atoms with Crippen LogP contribution in [0, 0.1) is 0 Å². The van der Waals surface area contributed by atoms with Crippen LogP contribution in [0.5, 0.6) is 0 Å². The van der Waals surface area contributed by atoms with Crippen molar-refractivity contribution in [1.82, 2.24) is 9.97 Å². The van der Waals surface area contributed by atoms with Gasteiger partial charge in [-0.1, -0.05) is 42.1 Å². The molecule has 1 aromatic heterocycles. The molecule has 0 amide bonds. The van der Waals surface area contributed by atoms with E-state index < -0.39 is 0 Å². The second-order valence-electron chi connectivity index (χ2n) is 3.61. The summed E-state index contributed by atoms with van der Waals surface area (Å²) in [5, 5.41) is 0.639. The van der Waals surface area contributed by atoms with Crippen LogP contribution in [0.1, 0.15) is 6.92 Å². The summed E-state index contributed by atoms with van der Waals surface area (Å²) in [6.45, 7) is 1.56. The first-order valence-corrected chi connectivity index (χ1v) is 6.24. The van der Waals surface area contributed by atoms with Crippen molar-refractivity contribution in [3.8, 4) is 11.1 Å². The number of rotatable bonds is 4. The van der Waals surface area contributed by atoms with Crippen molar-refractivity contribution >= 4 is 17.5 Å². The van der Waals surface area contributed by atoms with E-state index in [2.05, 4.69) is 9.97 Å². The van der Waals surface area contributed by atoms with E-state index in [0.717, 1.165) is 11.1 Å². The van der Waals surface area contributed by atoms with Crippen LogP contribution in [0.2, 0.25) is 0 Å². The third-order valence-corrected chi connectivity index (χ3v) is 3.16. The molecule has 17 heavy (non-hydrogen) atoms. The van der Waals surface area contributed by atoms with E-state index in [1.165, 1.54) is 11.8 Å². The molecule has 0 N–H and O–H groups in total. The molecule has 2 aromatic rings. The molecule has 0 saturated heterocycles. The number of Topliss-reactive ketones (excluding diaryl/α,β-unsaturated/α-hetero) is 1. The van der Waals surface area contributed by atoms with Crippen LogP contribution < -0.4 is 0 Å². The number of aromatic nitrogens is 2.